The van der Waals surface area contributed by atoms with Crippen LogP contribution in [0, 0.1) is 20.8 Å². The van der Waals surface area contributed by atoms with E-state index in [-0.39, 0.29) is 12.5 Å². The molecule has 0 unspecified atom stereocenters. The largest absolute Gasteiger partial charge is 0.484 e. The Kier molecular flexibility index (Phi) is 4.62. The van der Waals surface area contributed by atoms with E-state index in [1.165, 1.54) is 11.3 Å². The number of hydrogen-bond acceptors (Lipinski definition) is 4. The molecule has 0 saturated heterocycles. The Morgan fingerprint density at radius 1 is 1.40 bits per heavy atom. The Balaban J connectivity index is 1.90. The summed E-state index contributed by atoms with van der Waals surface area (Å²) in [5.74, 6) is 0.389. The van der Waals surface area contributed by atoms with Crippen LogP contribution in [0.15, 0.2) is 18.2 Å². The predicted octanol–water partition coefficient (Wildman–Crippen LogP) is 3.74. The van der Waals surface area contributed by atoms with E-state index in [1.54, 1.807) is 18.2 Å². The van der Waals surface area contributed by atoms with Crippen LogP contribution in [0.25, 0.3) is 0 Å². The third-order valence-corrected chi connectivity index (χ3v) is 4.19. The molecular formula is C14H15ClN2O2S. The number of carbonyl (C=O) groups is 1. The molecule has 1 heterocycles. The van der Waals surface area contributed by atoms with Gasteiger partial charge < -0.3 is 4.74 Å². The van der Waals surface area contributed by atoms with Gasteiger partial charge in [0.05, 0.1) is 5.69 Å². The van der Waals surface area contributed by atoms with Crippen LogP contribution in [0.3, 0.4) is 0 Å². The molecule has 2 rings (SSSR count). The Morgan fingerprint density at radius 2 is 2.15 bits per heavy atom. The summed E-state index contributed by atoms with van der Waals surface area (Å²) < 4.78 is 5.42. The molecule has 0 aliphatic heterocycles. The number of rotatable bonds is 4. The van der Waals surface area contributed by atoms with Gasteiger partial charge in [-0.1, -0.05) is 11.6 Å². The van der Waals surface area contributed by atoms with Gasteiger partial charge in [-0.05, 0) is 44.5 Å². The van der Waals surface area contributed by atoms with Gasteiger partial charge in [0.15, 0.2) is 11.7 Å². The first kappa shape index (κ1) is 14.8. The van der Waals surface area contributed by atoms with E-state index in [0.29, 0.717) is 15.9 Å². The van der Waals surface area contributed by atoms with Crippen LogP contribution in [0.2, 0.25) is 5.02 Å². The molecular weight excluding hydrogens is 296 g/mol. The maximum absolute atomic E-state index is 11.8. The topological polar surface area (TPSA) is 51.2 Å². The number of carbonyl (C=O) groups excluding carboxylic acids is 1. The van der Waals surface area contributed by atoms with Crippen LogP contribution in [-0.4, -0.2) is 17.5 Å². The van der Waals surface area contributed by atoms with Gasteiger partial charge >= 0.3 is 0 Å². The number of nitrogens with zero attached hydrogens (tertiary/aromatic N) is 1. The normalized spacial score (nSPS) is 10.4. The molecule has 0 atom stereocenters. The van der Waals surface area contributed by atoms with Crippen molar-refractivity contribution in [2.45, 2.75) is 20.8 Å². The number of hydrogen-bond donors (Lipinski definition) is 1. The molecule has 0 fully saturated rings. The van der Waals surface area contributed by atoms with Gasteiger partial charge in [-0.15, -0.1) is 11.3 Å². The average Bonchev–Trinajstić information content (AvgIpc) is 2.70. The van der Waals surface area contributed by atoms with E-state index < -0.39 is 0 Å². The number of ether oxygens (including phenoxy) is 1. The first-order valence-corrected chi connectivity index (χ1v) is 7.28. The molecule has 0 spiro atoms. The molecule has 0 aliphatic carbocycles. The molecule has 1 aromatic heterocycles. The summed E-state index contributed by atoms with van der Waals surface area (Å²) in [4.78, 5) is 17.1. The van der Waals surface area contributed by atoms with E-state index in [9.17, 15) is 4.79 Å². The van der Waals surface area contributed by atoms with Gasteiger partial charge in [-0.2, -0.15) is 0 Å². The number of aryl methyl sites for hydroxylation is 3. The van der Waals surface area contributed by atoms with Crippen LogP contribution in [0.4, 0.5) is 5.13 Å². The second kappa shape index (κ2) is 6.24. The Morgan fingerprint density at radius 3 is 2.75 bits per heavy atom. The molecule has 0 aliphatic rings. The van der Waals surface area contributed by atoms with Crippen LogP contribution < -0.4 is 10.1 Å². The highest BCUT2D eigenvalue weighted by Crippen LogP contribution is 2.22. The summed E-state index contributed by atoms with van der Waals surface area (Å²) in [5, 5.41) is 3.99. The van der Waals surface area contributed by atoms with Crippen molar-refractivity contribution in [3.63, 3.8) is 0 Å². The lowest BCUT2D eigenvalue weighted by Gasteiger charge is -2.07. The first-order chi connectivity index (χ1) is 9.45. The Bertz CT molecular complexity index is 621. The number of amides is 1. The summed E-state index contributed by atoms with van der Waals surface area (Å²) >= 11 is 7.38. The van der Waals surface area contributed by atoms with E-state index in [4.69, 9.17) is 16.3 Å². The van der Waals surface area contributed by atoms with E-state index in [0.717, 1.165) is 16.1 Å². The highest BCUT2D eigenvalue weighted by atomic mass is 35.5. The van der Waals surface area contributed by atoms with Crippen LogP contribution in [0.1, 0.15) is 16.1 Å². The highest BCUT2D eigenvalue weighted by Gasteiger charge is 2.09. The monoisotopic (exact) mass is 310 g/mol. The van der Waals surface area contributed by atoms with Crippen LogP contribution >= 0.6 is 22.9 Å². The molecule has 106 valence electrons. The fraction of sp³-hybridized carbons (Fsp3) is 0.286. The minimum atomic E-state index is -0.230. The SMILES string of the molecule is Cc1cc(OCC(=O)Nc2nc(C)c(C)s2)ccc1Cl. The molecule has 0 bridgehead atoms. The van der Waals surface area contributed by atoms with Crippen LogP contribution in [-0.2, 0) is 4.79 Å². The van der Waals surface area contributed by atoms with Gasteiger partial charge in [0.1, 0.15) is 5.75 Å². The molecule has 4 nitrogen and oxygen atoms in total. The Labute approximate surface area is 126 Å². The maximum Gasteiger partial charge on any atom is 0.264 e. The van der Waals surface area contributed by atoms with Gasteiger partial charge in [0.25, 0.3) is 5.91 Å². The first-order valence-electron chi connectivity index (χ1n) is 6.08. The second-order valence-corrected chi connectivity index (χ2v) is 6.02. The number of thiazole rings is 1. The summed E-state index contributed by atoms with van der Waals surface area (Å²) in [6.45, 7) is 5.71. The lowest BCUT2D eigenvalue weighted by molar-refractivity contribution is -0.118. The maximum atomic E-state index is 11.8. The van der Waals surface area contributed by atoms with E-state index in [2.05, 4.69) is 10.3 Å². The molecule has 1 aromatic carbocycles. The zero-order chi connectivity index (χ0) is 14.7. The second-order valence-electron chi connectivity index (χ2n) is 4.41. The third-order valence-electron chi connectivity index (χ3n) is 2.77. The van der Waals surface area contributed by atoms with Crippen LogP contribution in [0.5, 0.6) is 5.75 Å². The number of halogens is 1. The third kappa shape index (κ3) is 3.71. The van der Waals surface area contributed by atoms with Crippen molar-refractivity contribution in [3.05, 3.63) is 39.4 Å². The summed E-state index contributed by atoms with van der Waals surface area (Å²) in [6, 6.07) is 5.28. The number of nitrogens with one attached hydrogen (secondary N) is 1. The zero-order valence-corrected chi connectivity index (χ0v) is 13.1. The van der Waals surface area contributed by atoms with Gasteiger partial charge in [-0.25, -0.2) is 4.98 Å². The molecule has 6 heteroatoms. The molecule has 0 saturated carbocycles. The van der Waals surface area contributed by atoms with Gasteiger partial charge in [0.2, 0.25) is 0 Å². The number of aromatic nitrogens is 1. The molecule has 2 aromatic rings. The van der Waals surface area contributed by atoms with E-state index in [1.807, 2.05) is 20.8 Å². The van der Waals surface area contributed by atoms with Crippen molar-refractivity contribution in [1.82, 2.24) is 4.98 Å². The Hall–Kier alpha value is -1.59. The molecule has 0 radical (unpaired) electrons. The van der Waals surface area contributed by atoms with Gasteiger partial charge in [-0.3, -0.25) is 10.1 Å². The minimum Gasteiger partial charge on any atom is -0.484 e. The van der Waals surface area contributed by atoms with Crippen molar-refractivity contribution in [3.8, 4) is 5.75 Å². The average molecular weight is 311 g/mol. The fourth-order valence-electron chi connectivity index (χ4n) is 1.54. The van der Waals surface area contributed by atoms with Crippen molar-refractivity contribution < 1.29 is 9.53 Å². The van der Waals surface area contributed by atoms with E-state index >= 15 is 0 Å². The van der Waals surface area contributed by atoms with Crippen molar-refractivity contribution in [2.24, 2.45) is 0 Å². The minimum absolute atomic E-state index is 0.0568. The van der Waals surface area contributed by atoms with Gasteiger partial charge in [0, 0.05) is 9.90 Å². The highest BCUT2D eigenvalue weighted by molar-refractivity contribution is 7.15. The standard InChI is InChI=1S/C14H15ClN2O2S/c1-8-6-11(4-5-12(8)15)19-7-13(18)17-14-16-9(2)10(3)20-14/h4-6H,7H2,1-3H3,(H,16,17,18). The van der Waals surface area contributed by atoms with Crippen molar-refractivity contribution in [1.29, 1.82) is 0 Å². The lowest BCUT2D eigenvalue weighted by Crippen LogP contribution is -2.20. The van der Waals surface area contributed by atoms with Crippen molar-refractivity contribution >= 4 is 34.0 Å². The molecule has 1 amide bonds. The smallest absolute Gasteiger partial charge is 0.264 e. The predicted molar refractivity (Wildman–Crippen MR) is 81.9 cm³/mol. The molecule has 20 heavy (non-hydrogen) atoms. The van der Waals surface area contributed by atoms with Crippen molar-refractivity contribution in [2.75, 3.05) is 11.9 Å². The fourth-order valence-corrected chi connectivity index (χ4v) is 2.49. The zero-order valence-electron chi connectivity index (χ0n) is 11.5. The molecule has 1 N–H and O–H groups in total. The lowest BCUT2D eigenvalue weighted by atomic mass is 10.2. The summed E-state index contributed by atoms with van der Waals surface area (Å²) in [5.41, 5.74) is 1.84. The summed E-state index contributed by atoms with van der Waals surface area (Å²) in [6.07, 6.45) is 0. The quantitative estimate of drug-likeness (QED) is 0.936. The number of anilines is 1. The number of benzene rings is 1. The summed E-state index contributed by atoms with van der Waals surface area (Å²) in [7, 11) is 0.